The number of sulfonamides is 1. The monoisotopic (exact) mass is 415 g/mol. The van der Waals surface area contributed by atoms with E-state index in [1.54, 1.807) is 23.1 Å². The van der Waals surface area contributed by atoms with E-state index in [0.717, 1.165) is 25.5 Å². The number of carbonyl (C=O) groups excluding carboxylic acids is 2. The number of nitrogens with one attached hydrogen (secondary N) is 2. The number of amides is 2. The third-order valence-electron chi connectivity index (χ3n) is 4.89. The quantitative estimate of drug-likeness (QED) is 0.734. The van der Waals surface area contributed by atoms with Gasteiger partial charge < -0.3 is 10.2 Å². The highest BCUT2D eigenvalue weighted by Gasteiger charge is 2.27. The van der Waals surface area contributed by atoms with Crippen molar-refractivity contribution in [3.05, 3.63) is 60.2 Å². The van der Waals surface area contributed by atoms with E-state index in [1.165, 1.54) is 11.6 Å². The molecule has 1 saturated heterocycles. The van der Waals surface area contributed by atoms with E-state index >= 15 is 0 Å². The Morgan fingerprint density at radius 1 is 1.00 bits per heavy atom. The molecule has 0 unspecified atom stereocenters. The smallest absolute Gasteiger partial charge is 0.313 e. The maximum atomic E-state index is 12.5. The zero-order valence-corrected chi connectivity index (χ0v) is 17.1. The molecule has 0 bridgehead atoms. The maximum absolute atomic E-state index is 12.5. The molecule has 3 rings (SSSR count). The van der Waals surface area contributed by atoms with Crippen molar-refractivity contribution in [2.75, 3.05) is 29.4 Å². The molecule has 1 aliphatic heterocycles. The second-order valence-electron chi connectivity index (χ2n) is 7.33. The van der Waals surface area contributed by atoms with Crippen molar-refractivity contribution in [1.82, 2.24) is 4.90 Å². The molecule has 1 fully saturated rings. The normalized spacial score (nSPS) is 15.0. The van der Waals surface area contributed by atoms with Crippen LogP contribution in [0.15, 0.2) is 54.6 Å². The largest absolute Gasteiger partial charge is 0.334 e. The van der Waals surface area contributed by atoms with Crippen molar-refractivity contribution in [2.24, 2.45) is 5.92 Å². The fraction of sp³-hybridized carbons (Fsp3) is 0.333. The molecule has 0 spiro atoms. The summed E-state index contributed by atoms with van der Waals surface area (Å²) in [6.45, 7) is 1.11. The van der Waals surface area contributed by atoms with Crippen molar-refractivity contribution >= 4 is 33.2 Å². The lowest BCUT2D eigenvalue weighted by Gasteiger charge is -2.31. The molecule has 0 atom stereocenters. The Kier molecular flexibility index (Phi) is 6.53. The van der Waals surface area contributed by atoms with E-state index < -0.39 is 21.8 Å². The number of carbonyl (C=O) groups is 2. The molecule has 2 aromatic rings. The Hall–Kier alpha value is -2.87. The summed E-state index contributed by atoms with van der Waals surface area (Å²) < 4.78 is 25.0. The minimum atomic E-state index is -3.42. The van der Waals surface area contributed by atoms with Gasteiger partial charge in [-0.3, -0.25) is 14.3 Å². The lowest BCUT2D eigenvalue weighted by molar-refractivity contribution is -0.144. The molecule has 7 nitrogen and oxygen atoms in total. The lowest BCUT2D eigenvalue weighted by atomic mass is 9.90. The van der Waals surface area contributed by atoms with Crippen molar-refractivity contribution in [1.29, 1.82) is 0 Å². The summed E-state index contributed by atoms with van der Waals surface area (Å²) in [5.41, 5.74) is 1.97. The van der Waals surface area contributed by atoms with Crippen LogP contribution in [0.1, 0.15) is 18.4 Å². The zero-order valence-electron chi connectivity index (χ0n) is 16.3. The molecule has 2 amide bonds. The molecule has 154 valence electrons. The number of likely N-dealkylation sites (tertiary alicyclic amines) is 1. The highest BCUT2D eigenvalue weighted by atomic mass is 32.2. The molecule has 1 aliphatic rings. The van der Waals surface area contributed by atoms with Gasteiger partial charge in [-0.2, -0.15) is 0 Å². The van der Waals surface area contributed by atoms with Crippen LogP contribution in [-0.4, -0.2) is 44.5 Å². The van der Waals surface area contributed by atoms with Gasteiger partial charge in [-0.15, -0.1) is 0 Å². The molecular weight excluding hydrogens is 390 g/mol. The van der Waals surface area contributed by atoms with Gasteiger partial charge in [0.15, 0.2) is 0 Å². The average molecular weight is 416 g/mol. The third kappa shape index (κ3) is 6.32. The maximum Gasteiger partial charge on any atom is 0.313 e. The van der Waals surface area contributed by atoms with Gasteiger partial charge in [0, 0.05) is 18.8 Å². The fourth-order valence-electron chi connectivity index (χ4n) is 3.49. The van der Waals surface area contributed by atoms with Crippen LogP contribution in [-0.2, 0) is 26.0 Å². The summed E-state index contributed by atoms with van der Waals surface area (Å²) in [6.07, 6.45) is 3.75. The number of hydrogen-bond donors (Lipinski definition) is 2. The van der Waals surface area contributed by atoms with Gasteiger partial charge in [-0.05, 0) is 48.9 Å². The molecule has 2 N–H and O–H groups in total. The first-order chi connectivity index (χ1) is 13.8. The van der Waals surface area contributed by atoms with Crippen molar-refractivity contribution in [3.63, 3.8) is 0 Å². The number of nitrogens with zero attached hydrogens (tertiary/aromatic N) is 1. The number of piperidine rings is 1. The number of rotatable bonds is 5. The second kappa shape index (κ2) is 9.09. The van der Waals surface area contributed by atoms with Gasteiger partial charge in [0.05, 0.1) is 11.9 Å². The molecule has 0 aromatic heterocycles. The second-order valence-corrected chi connectivity index (χ2v) is 9.08. The van der Waals surface area contributed by atoms with Gasteiger partial charge >= 0.3 is 11.8 Å². The van der Waals surface area contributed by atoms with Gasteiger partial charge in [-0.25, -0.2) is 8.42 Å². The first-order valence-electron chi connectivity index (χ1n) is 9.52. The highest BCUT2D eigenvalue weighted by molar-refractivity contribution is 7.92. The first kappa shape index (κ1) is 20.9. The van der Waals surface area contributed by atoms with Gasteiger partial charge in [0.25, 0.3) is 0 Å². The molecule has 2 aromatic carbocycles. The summed E-state index contributed by atoms with van der Waals surface area (Å²) in [5, 5.41) is 2.55. The van der Waals surface area contributed by atoms with Crippen LogP contribution in [0.5, 0.6) is 0 Å². The topological polar surface area (TPSA) is 95.6 Å². The molecule has 8 heteroatoms. The molecule has 0 saturated carbocycles. The van der Waals surface area contributed by atoms with Crippen molar-refractivity contribution in [2.45, 2.75) is 19.3 Å². The Labute approximate surface area is 171 Å². The first-order valence-corrected chi connectivity index (χ1v) is 11.4. The molecule has 29 heavy (non-hydrogen) atoms. The van der Waals surface area contributed by atoms with Gasteiger partial charge in [0.1, 0.15) is 0 Å². The summed E-state index contributed by atoms with van der Waals surface area (Å²) in [5.74, 6) is -0.782. The predicted octanol–water partition coefficient (Wildman–Crippen LogP) is 2.48. The fourth-order valence-corrected chi connectivity index (χ4v) is 4.05. The van der Waals surface area contributed by atoms with Crippen LogP contribution in [0.4, 0.5) is 11.4 Å². The van der Waals surface area contributed by atoms with E-state index in [1.807, 2.05) is 18.2 Å². The van der Waals surface area contributed by atoms with Crippen LogP contribution in [0.3, 0.4) is 0 Å². The Morgan fingerprint density at radius 2 is 1.66 bits per heavy atom. The van der Waals surface area contributed by atoms with Gasteiger partial charge in [-0.1, -0.05) is 36.4 Å². The SMILES string of the molecule is CS(=O)(=O)Nc1cccc(NC(=O)C(=O)N2CCC(Cc3ccccc3)CC2)c1. The molecular formula is C21H25N3O4S. The van der Waals surface area contributed by atoms with Crippen LogP contribution in [0, 0.1) is 5.92 Å². The van der Waals surface area contributed by atoms with Crippen LogP contribution in [0.2, 0.25) is 0 Å². The lowest BCUT2D eigenvalue weighted by Crippen LogP contribution is -2.44. The Bertz CT molecular complexity index is 968. The van der Waals surface area contributed by atoms with E-state index in [2.05, 4.69) is 22.2 Å². The predicted molar refractivity (Wildman–Crippen MR) is 113 cm³/mol. The summed E-state index contributed by atoms with van der Waals surface area (Å²) in [6, 6.07) is 16.5. The Morgan fingerprint density at radius 3 is 2.31 bits per heavy atom. The van der Waals surface area contributed by atoms with E-state index in [0.29, 0.717) is 30.4 Å². The Balaban J connectivity index is 1.52. The van der Waals surface area contributed by atoms with Crippen LogP contribution in [0.25, 0.3) is 0 Å². The average Bonchev–Trinajstić information content (AvgIpc) is 2.68. The molecule has 0 radical (unpaired) electrons. The number of anilines is 2. The van der Waals surface area contributed by atoms with E-state index in [4.69, 9.17) is 0 Å². The number of hydrogen-bond acceptors (Lipinski definition) is 4. The van der Waals surface area contributed by atoms with Crippen molar-refractivity contribution in [3.8, 4) is 0 Å². The number of benzene rings is 2. The third-order valence-corrected chi connectivity index (χ3v) is 5.49. The summed E-state index contributed by atoms with van der Waals surface area (Å²) in [7, 11) is -3.42. The summed E-state index contributed by atoms with van der Waals surface area (Å²) >= 11 is 0. The highest BCUT2D eigenvalue weighted by Crippen LogP contribution is 2.22. The van der Waals surface area contributed by atoms with E-state index in [9.17, 15) is 18.0 Å². The van der Waals surface area contributed by atoms with E-state index in [-0.39, 0.29) is 0 Å². The van der Waals surface area contributed by atoms with Crippen molar-refractivity contribution < 1.29 is 18.0 Å². The molecule has 0 aliphatic carbocycles. The molecule has 1 heterocycles. The zero-order chi connectivity index (χ0) is 20.9. The minimum Gasteiger partial charge on any atom is -0.334 e. The summed E-state index contributed by atoms with van der Waals surface area (Å²) in [4.78, 5) is 26.4. The van der Waals surface area contributed by atoms with Crippen LogP contribution < -0.4 is 10.0 Å². The minimum absolute atomic E-state index is 0.319. The standard InChI is InChI=1S/C21H25N3O4S/c1-29(27,28)23-19-9-5-8-18(15-19)22-20(25)21(26)24-12-10-17(11-13-24)14-16-6-3-2-4-7-16/h2-9,15,17,23H,10-14H2,1H3,(H,22,25). The van der Waals surface area contributed by atoms with Crippen LogP contribution >= 0.6 is 0 Å². The van der Waals surface area contributed by atoms with Gasteiger partial charge in [0.2, 0.25) is 10.0 Å².